The Hall–Kier alpha value is -4.77. The summed E-state index contributed by atoms with van der Waals surface area (Å²) in [6.45, 7) is 1.54. The van der Waals surface area contributed by atoms with Gasteiger partial charge in [-0.05, 0) is 36.4 Å². The fourth-order valence-electron chi connectivity index (χ4n) is 5.46. The van der Waals surface area contributed by atoms with Gasteiger partial charge in [0.25, 0.3) is 17.7 Å². The molecular formula is C31H21F8N3O5S. The number of carbonyl (C=O) groups is 3. The average molecular weight is 700 g/mol. The molecule has 1 spiro atoms. The molecule has 0 aliphatic carbocycles. The van der Waals surface area contributed by atoms with Gasteiger partial charge in [-0.15, -0.1) is 11.3 Å². The molecule has 2 fully saturated rings. The van der Waals surface area contributed by atoms with Crippen molar-refractivity contribution >= 4 is 50.5 Å². The summed E-state index contributed by atoms with van der Waals surface area (Å²) in [7, 11) is 1.12. The van der Waals surface area contributed by atoms with E-state index in [4.69, 9.17) is 9.47 Å². The third kappa shape index (κ3) is 6.03. The van der Waals surface area contributed by atoms with Crippen molar-refractivity contribution in [2.24, 2.45) is 5.41 Å². The van der Waals surface area contributed by atoms with Gasteiger partial charge in [-0.1, -0.05) is 6.07 Å². The van der Waals surface area contributed by atoms with Crippen LogP contribution < -0.4 is 15.4 Å². The number of nitrogens with one attached hydrogen (secondary N) is 2. The largest absolute Gasteiger partial charge is 0.496 e. The van der Waals surface area contributed by atoms with E-state index in [-0.39, 0.29) is 32.5 Å². The van der Waals surface area contributed by atoms with Crippen molar-refractivity contribution in [3.8, 4) is 5.75 Å². The molecule has 3 amide bonds. The summed E-state index contributed by atoms with van der Waals surface area (Å²) in [5, 5.41) is 4.52. The van der Waals surface area contributed by atoms with Crippen molar-refractivity contribution in [2.75, 3.05) is 44.0 Å². The van der Waals surface area contributed by atoms with Crippen molar-refractivity contribution in [3.63, 3.8) is 0 Å². The van der Waals surface area contributed by atoms with Crippen LogP contribution in [0.3, 0.4) is 0 Å². The van der Waals surface area contributed by atoms with E-state index in [0.29, 0.717) is 61.9 Å². The highest BCUT2D eigenvalue weighted by Gasteiger charge is 2.51. The Labute approximate surface area is 269 Å². The van der Waals surface area contributed by atoms with Crippen LogP contribution in [0.2, 0.25) is 0 Å². The summed E-state index contributed by atoms with van der Waals surface area (Å²) in [6.07, 6.45) is -9.88. The molecule has 2 aliphatic heterocycles. The number of carbonyl (C=O) groups excluding carboxylic acids is 3. The maximum atomic E-state index is 15.0. The molecular weight excluding hydrogens is 678 g/mol. The molecule has 4 aromatic rings. The lowest BCUT2D eigenvalue weighted by atomic mass is 9.77. The second-order valence-electron chi connectivity index (χ2n) is 11.3. The maximum Gasteiger partial charge on any atom is 0.419 e. The van der Waals surface area contributed by atoms with Gasteiger partial charge < -0.3 is 25.0 Å². The van der Waals surface area contributed by atoms with E-state index in [9.17, 15) is 45.1 Å². The minimum Gasteiger partial charge on any atom is -0.496 e. The number of fused-ring (bicyclic) bond motifs is 1. The molecule has 2 N–H and O–H groups in total. The van der Waals surface area contributed by atoms with Crippen LogP contribution in [0.15, 0.2) is 48.5 Å². The van der Waals surface area contributed by atoms with Gasteiger partial charge in [0.15, 0.2) is 0 Å². The molecule has 0 unspecified atom stereocenters. The van der Waals surface area contributed by atoms with E-state index in [1.54, 1.807) is 0 Å². The number of anilines is 2. The number of hydrogen-bond donors (Lipinski definition) is 2. The minimum atomic E-state index is -5.10. The molecule has 8 nitrogen and oxygen atoms in total. The van der Waals surface area contributed by atoms with Gasteiger partial charge in [0.05, 0.1) is 53.7 Å². The molecule has 6 rings (SSSR count). The second-order valence-corrected chi connectivity index (χ2v) is 12.4. The highest BCUT2D eigenvalue weighted by molar-refractivity contribution is 7.21. The molecule has 48 heavy (non-hydrogen) atoms. The number of benzene rings is 3. The minimum absolute atomic E-state index is 0.0486. The molecule has 0 saturated carbocycles. The Balaban J connectivity index is 1.36. The summed E-state index contributed by atoms with van der Waals surface area (Å²) in [5.74, 6) is -5.81. The fraction of sp³-hybridized carbons (Fsp3) is 0.258. The third-order valence-corrected chi connectivity index (χ3v) is 9.06. The summed E-state index contributed by atoms with van der Waals surface area (Å²) in [5.41, 5.74) is -4.61. The van der Waals surface area contributed by atoms with Crippen LogP contribution in [0.25, 0.3) is 10.1 Å². The normalized spacial score (nSPS) is 15.6. The first kappa shape index (κ1) is 33.1. The number of likely N-dealkylation sites (tertiary alicyclic amines) is 1. The first-order valence-corrected chi connectivity index (χ1v) is 14.7. The van der Waals surface area contributed by atoms with E-state index in [1.807, 2.05) is 0 Å². The molecule has 0 bridgehead atoms. The zero-order chi connectivity index (χ0) is 34.8. The monoisotopic (exact) mass is 699 g/mol. The Bertz CT molecular complexity index is 1980. The Morgan fingerprint density at radius 3 is 2.17 bits per heavy atom. The molecule has 2 saturated heterocycles. The Morgan fingerprint density at radius 2 is 1.56 bits per heavy atom. The standard InChI is InChI=1S/C31H21F8N3O5S/c1-46-22-9-21(33)17(28(45)42-10-29(11-42)12-47-13-29)8-18(22)26(43)41-24-16-4-2-14(30(34,35)36)6-23(16)48-25(24)27(44)40-15-3-5-20(32)19(7-15)31(37,38)39/h2-9H,10-13H2,1H3,(H,40,44)(H,41,43). The first-order valence-electron chi connectivity index (χ1n) is 13.9. The van der Waals surface area contributed by atoms with Gasteiger partial charge in [0, 0.05) is 34.9 Å². The lowest BCUT2D eigenvalue weighted by Gasteiger charge is -2.54. The van der Waals surface area contributed by atoms with Gasteiger partial charge in [0.2, 0.25) is 0 Å². The Morgan fingerprint density at radius 1 is 0.854 bits per heavy atom. The molecule has 252 valence electrons. The summed E-state index contributed by atoms with van der Waals surface area (Å²) in [4.78, 5) is 41.1. The molecule has 0 radical (unpaired) electrons. The molecule has 2 aliphatic rings. The molecule has 1 aromatic heterocycles. The fourth-order valence-corrected chi connectivity index (χ4v) is 6.55. The number of amides is 3. The van der Waals surface area contributed by atoms with E-state index in [2.05, 4.69) is 10.6 Å². The van der Waals surface area contributed by atoms with Gasteiger partial charge in [0.1, 0.15) is 22.3 Å². The van der Waals surface area contributed by atoms with Crippen molar-refractivity contribution in [1.29, 1.82) is 0 Å². The van der Waals surface area contributed by atoms with Gasteiger partial charge in [-0.25, -0.2) is 8.78 Å². The van der Waals surface area contributed by atoms with Crippen molar-refractivity contribution in [2.45, 2.75) is 12.4 Å². The number of hydrogen-bond acceptors (Lipinski definition) is 6. The Kier molecular flexibility index (Phi) is 8.10. The van der Waals surface area contributed by atoms with Crippen molar-refractivity contribution < 1.29 is 59.0 Å². The van der Waals surface area contributed by atoms with E-state index in [0.717, 1.165) is 31.4 Å². The summed E-state index contributed by atoms with van der Waals surface area (Å²) < 4.78 is 119. The van der Waals surface area contributed by atoms with Crippen LogP contribution in [0.5, 0.6) is 5.75 Å². The molecule has 17 heteroatoms. The average Bonchev–Trinajstić information content (AvgIpc) is 3.33. The quantitative estimate of drug-likeness (QED) is 0.208. The van der Waals surface area contributed by atoms with Gasteiger partial charge in [-0.3, -0.25) is 14.4 Å². The zero-order valence-electron chi connectivity index (χ0n) is 24.4. The van der Waals surface area contributed by atoms with Crippen molar-refractivity contribution in [3.05, 3.63) is 87.3 Å². The smallest absolute Gasteiger partial charge is 0.419 e. The number of alkyl halides is 6. The number of rotatable bonds is 6. The summed E-state index contributed by atoms with van der Waals surface area (Å²) >= 11 is 0.489. The summed E-state index contributed by atoms with van der Waals surface area (Å²) in [6, 6.07) is 5.81. The van der Waals surface area contributed by atoms with Crippen molar-refractivity contribution in [1.82, 2.24) is 4.90 Å². The lowest BCUT2D eigenvalue weighted by molar-refractivity contribution is -0.176. The molecule has 0 atom stereocenters. The number of nitrogens with zero attached hydrogens (tertiary/aromatic N) is 1. The SMILES string of the molecule is COc1cc(F)c(C(=O)N2CC3(COC3)C2)cc1C(=O)Nc1c(C(=O)Nc2ccc(F)c(C(F)(F)F)c2)sc2cc(C(F)(F)F)ccc12. The number of halogens is 8. The van der Waals surface area contributed by atoms with Crippen LogP contribution in [-0.4, -0.2) is 56.0 Å². The molecule has 3 heterocycles. The predicted molar refractivity (Wildman–Crippen MR) is 156 cm³/mol. The first-order chi connectivity index (χ1) is 22.5. The van der Waals surface area contributed by atoms with E-state index < -0.39 is 69.0 Å². The van der Waals surface area contributed by atoms with Gasteiger partial charge >= 0.3 is 12.4 Å². The lowest BCUT2D eigenvalue weighted by Crippen LogP contribution is -2.67. The van der Waals surface area contributed by atoms with Crippen LogP contribution in [0.1, 0.15) is 41.5 Å². The van der Waals surface area contributed by atoms with E-state index in [1.165, 1.54) is 4.90 Å². The van der Waals surface area contributed by atoms with Crippen LogP contribution >= 0.6 is 11.3 Å². The third-order valence-electron chi connectivity index (χ3n) is 7.91. The zero-order valence-corrected chi connectivity index (χ0v) is 25.2. The number of methoxy groups -OCH3 is 1. The highest BCUT2D eigenvalue weighted by Crippen LogP contribution is 2.42. The highest BCUT2D eigenvalue weighted by atomic mass is 32.1. The number of thiophene rings is 1. The van der Waals surface area contributed by atoms with Crippen LogP contribution in [0.4, 0.5) is 46.5 Å². The van der Waals surface area contributed by atoms with E-state index >= 15 is 4.39 Å². The van der Waals surface area contributed by atoms with Gasteiger partial charge in [-0.2, -0.15) is 26.3 Å². The number of ether oxygens (including phenoxy) is 2. The maximum absolute atomic E-state index is 15.0. The molecule has 3 aromatic carbocycles. The second kappa shape index (κ2) is 11.7. The van der Waals surface area contributed by atoms with Crippen LogP contribution in [-0.2, 0) is 17.1 Å². The van der Waals surface area contributed by atoms with Crippen LogP contribution in [0, 0.1) is 17.0 Å². The predicted octanol–water partition coefficient (Wildman–Crippen LogP) is 7.20. The topological polar surface area (TPSA) is 97.0 Å².